The predicted octanol–water partition coefficient (Wildman–Crippen LogP) is 10.1. The van der Waals surface area contributed by atoms with E-state index in [1.165, 1.54) is 21.8 Å². The molecule has 0 radical (unpaired) electrons. The maximum atomic E-state index is 6.39. The summed E-state index contributed by atoms with van der Waals surface area (Å²) in [6.07, 6.45) is -0.462. The van der Waals surface area contributed by atoms with Crippen LogP contribution < -0.4 is 4.74 Å². The quantitative estimate of drug-likeness (QED) is 0.199. The van der Waals surface area contributed by atoms with E-state index in [-0.39, 0.29) is 0 Å². The number of para-hydroxylation sites is 2. The van der Waals surface area contributed by atoms with Crippen LogP contribution in [0.5, 0.6) is 5.75 Å². The minimum atomic E-state index is -0.462. The van der Waals surface area contributed by atoms with E-state index >= 15 is 0 Å². The molecular weight excluding hydrogens is 566 g/mol. The molecule has 1 aliphatic heterocycles. The number of nitrogens with zero attached hydrogens (tertiary/aromatic N) is 5. The molecule has 0 spiro atoms. The van der Waals surface area contributed by atoms with E-state index in [0.717, 1.165) is 39.4 Å². The van der Waals surface area contributed by atoms with E-state index in [9.17, 15) is 0 Å². The van der Waals surface area contributed by atoms with Crippen LogP contribution in [0.4, 0.5) is 5.69 Å². The average Bonchev–Trinajstić information content (AvgIpc) is 3.71. The van der Waals surface area contributed by atoms with Crippen molar-refractivity contribution in [3.8, 4) is 45.6 Å². The van der Waals surface area contributed by atoms with Gasteiger partial charge in [-0.15, -0.1) is 0 Å². The van der Waals surface area contributed by atoms with Gasteiger partial charge < -0.3 is 14.6 Å². The second kappa shape index (κ2) is 10.7. The molecule has 8 aromatic rings. The Hall–Kier alpha value is -6.27. The van der Waals surface area contributed by atoms with E-state index in [1.54, 1.807) is 0 Å². The van der Waals surface area contributed by atoms with Crippen LogP contribution in [-0.4, -0.2) is 19.5 Å². The zero-order valence-corrected chi connectivity index (χ0v) is 24.7. The molecule has 1 unspecified atom stereocenters. The molecule has 3 heterocycles. The van der Waals surface area contributed by atoms with Crippen molar-refractivity contribution in [1.82, 2.24) is 19.5 Å². The Bertz CT molecular complexity index is 2270. The van der Waals surface area contributed by atoms with Gasteiger partial charge in [-0.25, -0.2) is 15.0 Å². The zero-order valence-electron chi connectivity index (χ0n) is 24.7. The summed E-state index contributed by atoms with van der Waals surface area (Å²) in [6, 6.07) is 51.4. The van der Waals surface area contributed by atoms with Gasteiger partial charge >= 0.3 is 0 Å². The van der Waals surface area contributed by atoms with Gasteiger partial charge in [0, 0.05) is 33.2 Å². The predicted molar refractivity (Wildman–Crippen MR) is 183 cm³/mol. The molecule has 0 saturated carbocycles. The number of hydrogen-bond acceptors (Lipinski definition) is 4. The second-order valence-corrected chi connectivity index (χ2v) is 11.3. The molecule has 6 nitrogen and oxygen atoms in total. The maximum Gasteiger partial charge on any atom is 0.164 e. The summed E-state index contributed by atoms with van der Waals surface area (Å²) in [5.41, 5.74) is 7.87. The van der Waals surface area contributed by atoms with Crippen LogP contribution in [0.25, 0.3) is 67.0 Å². The topological polar surface area (TPSA) is 66.9 Å². The van der Waals surface area contributed by atoms with E-state index < -0.39 is 6.23 Å². The van der Waals surface area contributed by atoms with Crippen LogP contribution in [-0.2, 0) is 0 Å². The molecule has 0 bridgehead atoms. The average molecular weight is 593 g/mol. The molecule has 2 aromatic heterocycles. The molecule has 6 heteroatoms. The second-order valence-electron chi connectivity index (χ2n) is 11.3. The third kappa shape index (κ3) is 4.47. The van der Waals surface area contributed by atoms with Crippen LogP contribution in [0.2, 0.25) is 0 Å². The summed E-state index contributed by atoms with van der Waals surface area (Å²) in [7, 11) is 0. The first kappa shape index (κ1) is 26.2. The van der Waals surface area contributed by atoms with Crippen molar-refractivity contribution in [1.29, 1.82) is 0 Å². The first-order chi connectivity index (χ1) is 22.8. The largest absolute Gasteiger partial charge is 0.643 e. The van der Waals surface area contributed by atoms with Crippen LogP contribution in [0.1, 0.15) is 11.8 Å². The van der Waals surface area contributed by atoms with Gasteiger partial charge in [-0.2, -0.15) is 0 Å². The number of fused-ring (bicyclic) bond motifs is 4. The number of hydrogen-bond donors (Lipinski definition) is 0. The lowest BCUT2D eigenvalue weighted by atomic mass is 10.1. The van der Waals surface area contributed by atoms with E-state index in [0.29, 0.717) is 17.5 Å². The molecule has 0 aliphatic carbocycles. The summed E-state index contributed by atoms with van der Waals surface area (Å²) in [5.74, 6) is 2.56. The van der Waals surface area contributed by atoms with Gasteiger partial charge in [-0.3, -0.25) is 0 Å². The lowest BCUT2D eigenvalue weighted by molar-refractivity contribution is 0.269. The Kier molecular flexibility index (Phi) is 6.09. The maximum absolute atomic E-state index is 6.39. The third-order valence-corrected chi connectivity index (χ3v) is 8.41. The molecule has 9 rings (SSSR count). The van der Waals surface area contributed by atoms with Crippen molar-refractivity contribution in [2.75, 3.05) is 0 Å². The van der Waals surface area contributed by atoms with Crippen molar-refractivity contribution < 1.29 is 4.74 Å². The first-order valence-corrected chi connectivity index (χ1v) is 15.3. The van der Waals surface area contributed by atoms with Gasteiger partial charge in [0.2, 0.25) is 0 Å². The van der Waals surface area contributed by atoms with E-state index in [4.69, 9.17) is 25.0 Å². The fourth-order valence-corrected chi connectivity index (χ4v) is 6.23. The Balaban J connectivity index is 1.07. The highest BCUT2D eigenvalue weighted by atomic mass is 16.5. The number of rotatable bonds is 5. The van der Waals surface area contributed by atoms with Crippen molar-refractivity contribution in [3.63, 3.8) is 0 Å². The van der Waals surface area contributed by atoms with Crippen molar-refractivity contribution in [2.24, 2.45) is 0 Å². The number of benzene rings is 6. The molecule has 46 heavy (non-hydrogen) atoms. The lowest BCUT2D eigenvalue weighted by Crippen LogP contribution is -2.02. The smallest absolute Gasteiger partial charge is 0.164 e. The normalized spacial score (nSPS) is 13.8. The highest BCUT2D eigenvalue weighted by molar-refractivity contribution is 6.09. The van der Waals surface area contributed by atoms with Crippen molar-refractivity contribution >= 4 is 27.5 Å². The Labute approximate surface area is 265 Å². The first-order valence-electron chi connectivity index (χ1n) is 15.3. The van der Waals surface area contributed by atoms with E-state index in [2.05, 4.69) is 77.4 Å². The van der Waals surface area contributed by atoms with Crippen LogP contribution in [0.15, 0.2) is 152 Å². The summed E-state index contributed by atoms with van der Waals surface area (Å²) < 4.78 is 8.70. The van der Waals surface area contributed by atoms with Gasteiger partial charge in [0.25, 0.3) is 0 Å². The van der Waals surface area contributed by atoms with Crippen molar-refractivity contribution in [2.45, 2.75) is 6.23 Å². The van der Waals surface area contributed by atoms with Crippen LogP contribution in [0, 0.1) is 0 Å². The minimum Gasteiger partial charge on any atom is -0.643 e. The summed E-state index contributed by atoms with van der Waals surface area (Å²) in [6.45, 7) is 0. The summed E-state index contributed by atoms with van der Waals surface area (Å²) in [4.78, 5) is 14.6. The highest BCUT2D eigenvalue weighted by Crippen LogP contribution is 2.48. The Morgan fingerprint density at radius 1 is 0.500 bits per heavy atom. The van der Waals surface area contributed by atoms with Gasteiger partial charge in [0.1, 0.15) is 5.75 Å². The Morgan fingerprint density at radius 3 is 1.70 bits per heavy atom. The summed E-state index contributed by atoms with van der Waals surface area (Å²) >= 11 is 0. The Morgan fingerprint density at radius 2 is 1.07 bits per heavy atom. The molecule has 0 saturated heterocycles. The molecule has 1 aliphatic rings. The van der Waals surface area contributed by atoms with Gasteiger partial charge in [-0.1, -0.05) is 121 Å². The number of ether oxygens (including phenoxy) is 1. The molecule has 1 atom stereocenters. The minimum absolute atomic E-state index is 0.462. The molecule has 6 aromatic carbocycles. The van der Waals surface area contributed by atoms with E-state index in [1.807, 2.05) is 78.9 Å². The fraction of sp³-hybridized carbons (Fsp3) is 0.0250. The van der Waals surface area contributed by atoms with Crippen LogP contribution >= 0.6 is 0 Å². The SMILES string of the molecule is c1ccc(-c2nc(-c3ccccc3)nc(-c3ccc4c(c3)[N-]C(c3cccc(-n5c6ccccc6c6ccccc65)c3)O4)n2)cc1. The third-order valence-electron chi connectivity index (χ3n) is 8.41. The molecular formula is C40H26N5O-. The van der Waals surface area contributed by atoms with Crippen LogP contribution in [0.3, 0.4) is 0 Å². The molecule has 0 amide bonds. The fourth-order valence-electron chi connectivity index (χ4n) is 6.23. The number of aromatic nitrogens is 4. The monoisotopic (exact) mass is 592 g/mol. The van der Waals surface area contributed by atoms with Crippen molar-refractivity contribution in [3.05, 3.63) is 163 Å². The van der Waals surface area contributed by atoms with Gasteiger partial charge in [0.05, 0.1) is 17.3 Å². The standard InChI is InChI=1S/C40H26N5O/c1-3-12-26(13-4-1)37-42-38(27-14-5-2-6-15-27)44-39(43-37)28-22-23-36-33(25-28)41-40(46-36)29-16-11-17-30(24-29)45-34-20-9-7-18-31(34)32-19-8-10-21-35(32)45/h1-25,40H/q-1. The lowest BCUT2D eigenvalue weighted by Gasteiger charge is -2.24. The highest BCUT2D eigenvalue weighted by Gasteiger charge is 2.18. The van der Waals surface area contributed by atoms with Gasteiger partial charge in [0.15, 0.2) is 17.5 Å². The summed E-state index contributed by atoms with van der Waals surface area (Å²) in [5, 5.41) is 7.48. The molecule has 218 valence electrons. The zero-order chi connectivity index (χ0) is 30.5. The molecule has 0 fully saturated rings. The molecule has 0 N–H and O–H groups in total. The van der Waals surface area contributed by atoms with Gasteiger partial charge in [-0.05, 0) is 42.0 Å².